The van der Waals surface area contributed by atoms with Crippen LogP contribution in [0.5, 0.6) is 0 Å². The predicted octanol–water partition coefficient (Wildman–Crippen LogP) is 2.29. The third-order valence-corrected chi connectivity index (χ3v) is 3.24. The highest BCUT2D eigenvalue weighted by molar-refractivity contribution is 8.00. The van der Waals surface area contributed by atoms with E-state index in [-0.39, 0.29) is 0 Å². The summed E-state index contributed by atoms with van der Waals surface area (Å²) in [5, 5.41) is 3.97. The van der Waals surface area contributed by atoms with E-state index in [0.29, 0.717) is 11.4 Å². The van der Waals surface area contributed by atoms with Gasteiger partial charge in [0.15, 0.2) is 11.6 Å². The first-order valence-electron chi connectivity index (χ1n) is 5.64. The molecule has 19 heavy (non-hydrogen) atoms. The van der Waals surface area contributed by atoms with Crippen molar-refractivity contribution in [1.82, 2.24) is 10.6 Å². The van der Waals surface area contributed by atoms with Crippen LogP contribution < -0.4 is 10.6 Å². The van der Waals surface area contributed by atoms with Gasteiger partial charge in [-0.2, -0.15) is 0 Å². The maximum atomic E-state index is 13.0. The minimum absolute atomic E-state index is 0.407. The molecule has 4 nitrogen and oxygen atoms in total. The summed E-state index contributed by atoms with van der Waals surface area (Å²) in [7, 11) is 0. The lowest BCUT2D eigenvalue weighted by molar-refractivity contribution is -0.119. The van der Waals surface area contributed by atoms with Crippen molar-refractivity contribution in [3.8, 4) is 0 Å². The van der Waals surface area contributed by atoms with Crippen molar-refractivity contribution in [2.45, 2.75) is 24.0 Å². The molecule has 104 valence electrons. The van der Waals surface area contributed by atoms with Gasteiger partial charge in [-0.25, -0.2) is 13.6 Å². The van der Waals surface area contributed by atoms with Gasteiger partial charge < -0.3 is 5.32 Å². The zero-order valence-corrected chi connectivity index (χ0v) is 11.3. The minimum atomic E-state index is -0.971. The highest BCUT2D eigenvalue weighted by Crippen LogP contribution is 2.24. The molecule has 1 rings (SSSR count). The first kappa shape index (κ1) is 15.4. The van der Waals surface area contributed by atoms with Gasteiger partial charge in [-0.3, -0.25) is 10.1 Å². The van der Waals surface area contributed by atoms with Gasteiger partial charge in [-0.05, 0) is 32.0 Å². The zero-order chi connectivity index (χ0) is 14.4. The Morgan fingerprint density at radius 2 is 2.00 bits per heavy atom. The lowest BCUT2D eigenvalue weighted by Crippen LogP contribution is -2.42. The number of amides is 3. The molecule has 0 aliphatic carbocycles. The number of urea groups is 1. The normalized spacial score (nSPS) is 11.8. The Labute approximate surface area is 113 Å². The second-order valence-corrected chi connectivity index (χ2v) is 5.10. The second kappa shape index (κ2) is 7.08. The second-order valence-electron chi connectivity index (χ2n) is 3.68. The third kappa shape index (κ3) is 4.86. The lowest BCUT2D eigenvalue weighted by Gasteiger charge is -2.11. The summed E-state index contributed by atoms with van der Waals surface area (Å²) < 4.78 is 25.7. The van der Waals surface area contributed by atoms with Crippen LogP contribution in [-0.4, -0.2) is 23.7 Å². The van der Waals surface area contributed by atoms with Crippen molar-refractivity contribution in [3.63, 3.8) is 0 Å². The molecule has 1 unspecified atom stereocenters. The first-order valence-corrected chi connectivity index (χ1v) is 6.52. The number of benzene rings is 1. The molecule has 0 saturated carbocycles. The molecule has 1 aromatic rings. The summed E-state index contributed by atoms with van der Waals surface area (Å²) in [5.74, 6) is -2.41. The SMILES string of the molecule is CCNC(=O)NC(=O)C(C)Sc1ccc(F)c(F)c1. The summed E-state index contributed by atoms with van der Waals surface area (Å²) in [5.41, 5.74) is 0. The number of hydrogen-bond acceptors (Lipinski definition) is 3. The maximum absolute atomic E-state index is 13.0. The van der Waals surface area contributed by atoms with Gasteiger partial charge >= 0.3 is 6.03 Å². The average Bonchev–Trinajstić information content (AvgIpc) is 2.34. The zero-order valence-electron chi connectivity index (χ0n) is 10.5. The van der Waals surface area contributed by atoms with Crippen LogP contribution in [0, 0.1) is 11.6 Å². The van der Waals surface area contributed by atoms with Gasteiger partial charge in [0.25, 0.3) is 0 Å². The van der Waals surface area contributed by atoms with Crippen LogP contribution in [0.2, 0.25) is 0 Å². The molecule has 0 radical (unpaired) electrons. The minimum Gasteiger partial charge on any atom is -0.338 e. The van der Waals surface area contributed by atoms with Gasteiger partial charge in [-0.15, -0.1) is 11.8 Å². The van der Waals surface area contributed by atoms with Gasteiger partial charge in [0.1, 0.15) is 0 Å². The predicted molar refractivity (Wildman–Crippen MR) is 68.9 cm³/mol. The Kier molecular flexibility index (Phi) is 5.75. The van der Waals surface area contributed by atoms with E-state index in [0.717, 1.165) is 23.9 Å². The van der Waals surface area contributed by atoms with Crippen molar-refractivity contribution in [3.05, 3.63) is 29.8 Å². The molecule has 0 aliphatic rings. The number of carbonyl (C=O) groups is 2. The molecule has 0 saturated heterocycles. The van der Waals surface area contributed by atoms with Gasteiger partial charge in [0.2, 0.25) is 5.91 Å². The number of halogens is 2. The van der Waals surface area contributed by atoms with Crippen LogP contribution in [0.3, 0.4) is 0 Å². The van der Waals surface area contributed by atoms with Crippen LogP contribution in [0.25, 0.3) is 0 Å². The van der Waals surface area contributed by atoms with Crippen LogP contribution in [0.15, 0.2) is 23.1 Å². The smallest absolute Gasteiger partial charge is 0.321 e. The van der Waals surface area contributed by atoms with Crippen molar-refractivity contribution in [1.29, 1.82) is 0 Å². The van der Waals surface area contributed by atoms with Crippen molar-refractivity contribution >= 4 is 23.7 Å². The number of carbonyl (C=O) groups excluding carboxylic acids is 2. The number of thioether (sulfide) groups is 1. The highest BCUT2D eigenvalue weighted by atomic mass is 32.2. The molecule has 0 aliphatic heterocycles. The standard InChI is InChI=1S/C12H14F2N2O2S/c1-3-15-12(18)16-11(17)7(2)19-8-4-5-9(13)10(14)6-8/h4-7H,3H2,1-2H3,(H2,15,16,17,18). The summed E-state index contributed by atoms with van der Waals surface area (Å²) in [6, 6.07) is 2.80. The average molecular weight is 288 g/mol. The van der Waals surface area contributed by atoms with E-state index in [9.17, 15) is 18.4 Å². The highest BCUT2D eigenvalue weighted by Gasteiger charge is 2.17. The Balaban J connectivity index is 2.58. The monoisotopic (exact) mass is 288 g/mol. The molecular weight excluding hydrogens is 274 g/mol. The van der Waals surface area contributed by atoms with Crippen molar-refractivity contribution in [2.75, 3.05) is 6.54 Å². The van der Waals surface area contributed by atoms with E-state index in [1.165, 1.54) is 6.07 Å². The van der Waals surface area contributed by atoms with Crippen LogP contribution in [0.4, 0.5) is 13.6 Å². The summed E-state index contributed by atoms with van der Waals surface area (Å²) in [6.45, 7) is 3.70. The molecule has 0 spiro atoms. The van der Waals surface area contributed by atoms with Crippen molar-refractivity contribution in [2.24, 2.45) is 0 Å². The first-order chi connectivity index (χ1) is 8.93. The number of nitrogens with one attached hydrogen (secondary N) is 2. The number of imide groups is 1. The molecule has 1 aromatic carbocycles. The summed E-state index contributed by atoms with van der Waals surface area (Å²) in [4.78, 5) is 23.2. The summed E-state index contributed by atoms with van der Waals surface area (Å²) in [6.07, 6.45) is 0. The van der Waals surface area contributed by atoms with Crippen molar-refractivity contribution < 1.29 is 18.4 Å². The van der Waals surface area contributed by atoms with E-state index in [4.69, 9.17) is 0 Å². The molecule has 0 heterocycles. The molecule has 0 fully saturated rings. The van der Waals surface area contributed by atoms with Crippen LogP contribution in [-0.2, 0) is 4.79 Å². The van der Waals surface area contributed by atoms with E-state index in [1.54, 1.807) is 13.8 Å². The summed E-state index contributed by atoms with van der Waals surface area (Å²) >= 11 is 1.04. The largest absolute Gasteiger partial charge is 0.338 e. The molecule has 7 heteroatoms. The molecule has 3 amide bonds. The quantitative estimate of drug-likeness (QED) is 0.836. The fraction of sp³-hybridized carbons (Fsp3) is 0.333. The Bertz CT molecular complexity index is 483. The van der Waals surface area contributed by atoms with Gasteiger partial charge in [0, 0.05) is 11.4 Å². The molecular formula is C12H14F2N2O2S. The topological polar surface area (TPSA) is 58.2 Å². The number of hydrogen-bond donors (Lipinski definition) is 2. The maximum Gasteiger partial charge on any atom is 0.321 e. The van der Waals surface area contributed by atoms with E-state index in [1.807, 2.05) is 0 Å². The Morgan fingerprint density at radius 1 is 1.32 bits per heavy atom. The fourth-order valence-electron chi connectivity index (χ4n) is 1.23. The van der Waals surface area contributed by atoms with Crippen LogP contribution >= 0.6 is 11.8 Å². The Morgan fingerprint density at radius 3 is 2.58 bits per heavy atom. The van der Waals surface area contributed by atoms with Gasteiger partial charge in [0.05, 0.1) is 5.25 Å². The fourth-order valence-corrected chi connectivity index (χ4v) is 2.12. The molecule has 0 aromatic heterocycles. The van der Waals surface area contributed by atoms with Gasteiger partial charge in [-0.1, -0.05) is 0 Å². The van der Waals surface area contributed by atoms with E-state index < -0.39 is 28.8 Å². The number of rotatable bonds is 4. The van der Waals surface area contributed by atoms with E-state index >= 15 is 0 Å². The molecule has 1 atom stereocenters. The lowest BCUT2D eigenvalue weighted by atomic mass is 10.3. The molecule has 0 bridgehead atoms. The Hall–Kier alpha value is -1.63. The van der Waals surface area contributed by atoms with Crippen LogP contribution in [0.1, 0.15) is 13.8 Å². The third-order valence-electron chi connectivity index (χ3n) is 2.15. The van der Waals surface area contributed by atoms with E-state index in [2.05, 4.69) is 10.6 Å². The molecule has 2 N–H and O–H groups in total.